The van der Waals surface area contributed by atoms with Crippen LogP contribution in [0.4, 0.5) is 5.69 Å². The van der Waals surface area contributed by atoms with E-state index in [4.69, 9.17) is 23.7 Å². The lowest BCUT2D eigenvalue weighted by Crippen LogP contribution is -2.22. The molecule has 1 N–H and O–H groups in total. The highest BCUT2D eigenvalue weighted by molar-refractivity contribution is 6.03. The van der Waals surface area contributed by atoms with E-state index in [1.54, 1.807) is 18.2 Å². The first-order chi connectivity index (χ1) is 14.0. The van der Waals surface area contributed by atoms with Gasteiger partial charge in [-0.1, -0.05) is 0 Å². The van der Waals surface area contributed by atoms with Crippen LogP contribution in [0.15, 0.2) is 30.3 Å². The number of anilines is 1. The molecule has 0 aromatic heterocycles. The summed E-state index contributed by atoms with van der Waals surface area (Å²) in [4.78, 5) is 35.9. The summed E-state index contributed by atoms with van der Waals surface area (Å²) in [7, 11) is 5.69. The van der Waals surface area contributed by atoms with Gasteiger partial charge >= 0.3 is 5.97 Å². The molecule has 0 spiro atoms. The molecule has 0 aliphatic carbocycles. The minimum absolute atomic E-state index is 0.0439. The van der Waals surface area contributed by atoms with Crippen molar-refractivity contribution < 1.29 is 38.1 Å². The Kier molecular flexibility index (Phi) is 7.41. The van der Waals surface area contributed by atoms with Gasteiger partial charge in [-0.05, 0) is 24.3 Å². The van der Waals surface area contributed by atoms with Gasteiger partial charge in [-0.3, -0.25) is 9.59 Å². The molecule has 0 fully saturated rings. The SMILES string of the molecule is COc1ccc(NC(=O)COC(=O)c2c(C=O)ccc(OC)c2OC)cc1OC. The first kappa shape index (κ1) is 21.5. The van der Waals surface area contributed by atoms with E-state index in [-0.39, 0.29) is 22.6 Å². The molecule has 0 atom stereocenters. The molecular weight excluding hydrogens is 382 g/mol. The van der Waals surface area contributed by atoms with Gasteiger partial charge in [-0.25, -0.2) is 4.79 Å². The zero-order valence-electron chi connectivity index (χ0n) is 16.4. The van der Waals surface area contributed by atoms with Crippen molar-refractivity contribution >= 4 is 23.9 Å². The largest absolute Gasteiger partial charge is 0.493 e. The van der Waals surface area contributed by atoms with Crippen LogP contribution in [0.25, 0.3) is 0 Å². The van der Waals surface area contributed by atoms with Crippen molar-refractivity contribution in [2.45, 2.75) is 0 Å². The maximum Gasteiger partial charge on any atom is 0.343 e. The number of nitrogens with one attached hydrogen (secondary N) is 1. The number of aldehydes is 1. The van der Waals surface area contributed by atoms with Gasteiger partial charge < -0.3 is 29.0 Å². The Labute approximate surface area is 167 Å². The summed E-state index contributed by atoms with van der Waals surface area (Å²) in [5.74, 6) is -0.255. The molecule has 0 saturated heterocycles. The second-order valence-corrected chi connectivity index (χ2v) is 5.58. The highest BCUT2D eigenvalue weighted by Crippen LogP contribution is 2.33. The average Bonchev–Trinajstić information content (AvgIpc) is 2.75. The lowest BCUT2D eigenvalue weighted by Gasteiger charge is -2.14. The van der Waals surface area contributed by atoms with Gasteiger partial charge in [0, 0.05) is 17.3 Å². The van der Waals surface area contributed by atoms with Crippen LogP contribution in [0.3, 0.4) is 0 Å². The summed E-state index contributed by atoms with van der Waals surface area (Å²) < 4.78 is 25.6. The minimum Gasteiger partial charge on any atom is -0.493 e. The van der Waals surface area contributed by atoms with Crippen molar-refractivity contribution in [1.29, 1.82) is 0 Å². The molecule has 29 heavy (non-hydrogen) atoms. The van der Waals surface area contributed by atoms with Crippen LogP contribution in [0.1, 0.15) is 20.7 Å². The molecular formula is C20H21NO8. The molecule has 2 aromatic rings. The third kappa shape index (κ3) is 4.95. The molecule has 0 radical (unpaired) electrons. The third-order valence-corrected chi connectivity index (χ3v) is 3.91. The molecule has 0 heterocycles. The van der Waals surface area contributed by atoms with Crippen LogP contribution in [0.2, 0.25) is 0 Å². The van der Waals surface area contributed by atoms with Gasteiger partial charge in [0.15, 0.2) is 35.9 Å². The number of hydrogen-bond donors (Lipinski definition) is 1. The van der Waals surface area contributed by atoms with Crippen molar-refractivity contribution in [3.8, 4) is 23.0 Å². The van der Waals surface area contributed by atoms with Crippen molar-refractivity contribution in [2.24, 2.45) is 0 Å². The molecule has 0 aliphatic heterocycles. The Balaban J connectivity index is 2.11. The highest BCUT2D eigenvalue weighted by Gasteiger charge is 2.23. The fourth-order valence-corrected chi connectivity index (χ4v) is 2.57. The molecule has 0 aliphatic rings. The molecule has 154 valence electrons. The zero-order chi connectivity index (χ0) is 21.4. The van der Waals surface area contributed by atoms with E-state index >= 15 is 0 Å². The number of carbonyl (C=O) groups is 3. The summed E-state index contributed by atoms with van der Waals surface area (Å²) in [6.07, 6.45) is 0.488. The lowest BCUT2D eigenvalue weighted by molar-refractivity contribution is -0.119. The molecule has 2 rings (SSSR count). The molecule has 0 saturated carbocycles. The van der Waals surface area contributed by atoms with Crippen LogP contribution < -0.4 is 24.3 Å². The number of methoxy groups -OCH3 is 4. The van der Waals surface area contributed by atoms with Crippen molar-refractivity contribution in [3.63, 3.8) is 0 Å². The zero-order valence-corrected chi connectivity index (χ0v) is 16.4. The van der Waals surface area contributed by atoms with Crippen molar-refractivity contribution in [1.82, 2.24) is 0 Å². The van der Waals surface area contributed by atoms with Crippen LogP contribution in [-0.2, 0) is 9.53 Å². The van der Waals surface area contributed by atoms with E-state index in [1.807, 2.05) is 0 Å². The Morgan fingerprint density at radius 3 is 2.14 bits per heavy atom. The maximum absolute atomic E-state index is 12.5. The molecule has 2 aromatic carbocycles. The molecule has 0 unspecified atom stereocenters. The third-order valence-electron chi connectivity index (χ3n) is 3.91. The summed E-state index contributed by atoms with van der Waals surface area (Å²) in [5, 5.41) is 2.58. The van der Waals surface area contributed by atoms with E-state index in [9.17, 15) is 14.4 Å². The van der Waals surface area contributed by atoms with Gasteiger partial charge in [0.05, 0.1) is 28.4 Å². The predicted molar refractivity (Wildman–Crippen MR) is 103 cm³/mol. The molecule has 1 amide bonds. The van der Waals surface area contributed by atoms with Gasteiger partial charge in [0.2, 0.25) is 0 Å². The topological polar surface area (TPSA) is 109 Å². The van der Waals surface area contributed by atoms with Gasteiger partial charge in [0.1, 0.15) is 5.56 Å². The number of esters is 1. The second kappa shape index (κ2) is 9.98. The predicted octanol–water partition coefficient (Wildman–Crippen LogP) is 2.33. The summed E-state index contributed by atoms with van der Waals surface area (Å²) in [6.45, 7) is -0.578. The Hall–Kier alpha value is -3.75. The standard InChI is InChI=1S/C20H21NO8/c1-25-14-8-6-13(9-16(14)27-3)21-17(23)11-29-20(24)18-12(10-22)5-7-15(26-2)19(18)28-4/h5-10H,11H2,1-4H3,(H,21,23). The van der Waals surface area contributed by atoms with Gasteiger partial charge in [0.25, 0.3) is 5.91 Å². The number of carbonyl (C=O) groups excluding carboxylic acids is 3. The fraction of sp³-hybridized carbons (Fsp3) is 0.250. The fourth-order valence-electron chi connectivity index (χ4n) is 2.57. The molecule has 9 heteroatoms. The van der Waals surface area contributed by atoms with E-state index in [0.717, 1.165) is 0 Å². The number of ether oxygens (including phenoxy) is 5. The smallest absolute Gasteiger partial charge is 0.343 e. The van der Waals surface area contributed by atoms with Crippen LogP contribution >= 0.6 is 0 Å². The summed E-state index contributed by atoms with van der Waals surface area (Å²) in [6, 6.07) is 7.68. The lowest BCUT2D eigenvalue weighted by atomic mass is 10.1. The van der Waals surface area contributed by atoms with Crippen LogP contribution in [-0.4, -0.2) is 53.2 Å². The van der Waals surface area contributed by atoms with E-state index in [2.05, 4.69) is 5.32 Å². The maximum atomic E-state index is 12.5. The number of rotatable bonds is 9. The average molecular weight is 403 g/mol. The minimum atomic E-state index is -0.898. The number of amides is 1. The van der Waals surface area contributed by atoms with E-state index in [1.165, 1.54) is 40.6 Å². The first-order valence-corrected chi connectivity index (χ1v) is 8.38. The molecule has 0 bridgehead atoms. The van der Waals surface area contributed by atoms with Crippen LogP contribution in [0.5, 0.6) is 23.0 Å². The van der Waals surface area contributed by atoms with Gasteiger partial charge in [-0.2, -0.15) is 0 Å². The normalized spacial score (nSPS) is 9.93. The Bertz CT molecular complexity index is 910. The summed E-state index contributed by atoms with van der Waals surface area (Å²) in [5.41, 5.74) is 0.352. The van der Waals surface area contributed by atoms with Crippen LogP contribution in [0, 0.1) is 0 Å². The van der Waals surface area contributed by atoms with E-state index in [0.29, 0.717) is 23.5 Å². The Morgan fingerprint density at radius 1 is 0.897 bits per heavy atom. The number of benzene rings is 2. The van der Waals surface area contributed by atoms with Crippen molar-refractivity contribution in [2.75, 3.05) is 40.4 Å². The van der Waals surface area contributed by atoms with Gasteiger partial charge in [-0.15, -0.1) is 0 Å². The number of hydrogen-bond acceptors (Lipinski definition) is 8. The van der Waals surface area contributed by atoms with Crippen molar-refractivity contribution in [3.05, 3.63) is 41.5 Å². The second-order valence-electron chi connectivity index (χ2n) is 5.58. The monoisotopic (exact) mass is 403 g/mol. The molecule has 9 nitrogen and oxygen atoms in total. The highest BCUT2D eigenvalue weighted by atomic mass is 16.5. The summed E-state index contributed by atoms with van der Waals surface area (Å²) >= 11 is 0. The Morgan fingerprint density at radius 2 is 1.55 bits per heavy atom. The quantitative estimate of drug-likeness (QED) is 0.502. The first-order valence-electron chi connectivity index (χ1n) is 8.38. The van der Waals surface area contributed by atoms with E-state index < -0.39 is 18.5 Å².